The Bertz CT molecular complexity index is 1600. The smallest absolute Gasteiger partial charge is 0.247 e. The minimum absolute atomic E-state index is 0.0463. The SMILES string of the molecule is Cc1ccc(Cl)cc1N1CCN(CCCNC(=O)CC2C(=O)N(Cc3ccccc3)C(C)c3nc4ccccc4n32)CC1. The molecule has 0 bridgehead atoms. The van der Waals surface area contributed by atoms with E-state index >= 15 is 0 Å². The highest BCUT2D eigenvalue weighted by molar-refractivity contribution is 6.30. The van der Waals surface area contributed by atoms with E-state index in [2.05, 4.69) is 34.2 Å². The third kappa shape index (κ3) is 6.26. The molecule has 43 heavy (non-hydrogen) atoms. The molecule has 0 spiro atoms. The topological polar surface area (TPSA) is 73.7 Å². The molecule has 2 aliphatic rings. The van der Waals surface area contributed by atoms with Crippen molar-refractivity contribution >= 4 is 40.1 Å². The Morgan fingerprint density at radius 2 is 1.74 bits per heavy atom. The number of piperazine rings is 1. The van der Waals surface area contributed by atoms with Crippen molar-refractivity contribution in [2.75, 3.05) is 44.2 Å². The summed E-state index contributed by atoms with van der Waals surface area (Å²) in [6.45, 7) is 9.98. The molecule has 0 aliphatic carbocycles. The molecule has 2 amide bonds. The number of hydrogen-bond donors (Lipinski definition) is 1. The van der Waals surface area contributed by atoms with Gasteiger partial charge in [-0.05, 0) is 62.2 Å². The summed E-state index contributed by atoms with van der Waals surface area (Å²) in [5.41, 5.74) is 5.24. The molecule has 9 heteroatoms. The van der Waals surface area contributed by atoms with Gasteiger partial charge >= 0.3 is 0 Å². The highest BCUT2D eigenvalue weighted by atomic mass is 35.5. The lowest BCUT2D eigenvalue weighted by molar-refractivity contribution is -0.142. The average Bonchev–Trinajstić information content (AvgIpc) is 3.41. The van der Waals surface area contributed by atoms with Crippen LogP contribution in [0.25, 0.3) is 11.0 Å². The van der Waals surface area contributed by atoms with E-state index in [4.69, 9.17) is 16.6 Å². The van der Waals surface area contributed by atoms with Crippen molar-refractivity contribution in [3.05, 3.63) is 94.8 Å². The van der Waals surface area contributed by atoms with Crippen LogP contribution in [0.15, 0.2) is 72.8 Å². The molecule has 4 aromatic rings. The molecule has 1 aromatic heterocycles. The molecule has 0 saturated carbocycles. The Morgan fingerprint density at radius 1 is 1.00 bits per heavy atom. The lowest BCUT2D eigenvalue weighted by Crippen LogP contribution is -2.47. The van der Waals surface area contributed by atoms with Gasteiger partial charge in [0.15, 0.2) is 0 Å². The molecule has 224 valence electrons. The second-order valence-corrected chi connectivity index (χ2v) is 12.1. The van der Waals surface area contributed by atoms with Gasteiger partial charge in [0, 0.05) is 50.0 Å². The number of halogens is 1. The van der Waals surface area contributed by atoms with Gasteiger partial charge in [-0.3, -0.25) is 14.5 Å². The van der Waals surface area contributed by atoms with Crippen molar-refractivity contribution in [2.24, 2.45) is 0 Å². The molecule has 3 heterocycles. The van der Waals surface area contributed by atoms with E-state index in [1.54, 1.807) is 0 Å². The molecular weight excluding hydrogens is 560 g/mol. The van der Waals surface area contributed by atoms with Gasteiger partial charge in [-0.2, -0.15) is 0 Å². The van der Waals surface area contributed by atoms with Crippen LogP contribution >= 0.6 is 11.6 Å². The number of anilines is 1. The minimum atomic E-state index is -0.634. The molecule has 2 atom stereocenters. The number of amides is 2. The number of para-hydroxylation sites is 2. The third-order valence-electron chi connectivity index (χ3n) is 8.78. The fourth-order valence-corrected chi connectivity index (χ4v) is 6.57. The summed E-state index contributed by atoms with van der Waals surface area (Å²) in [6.07, 6.45) is 0.943. The minimum Gasteiger partial charge on any atom is -0.369 e. The first-order valence-electron chi connectivity index (χ1n) is 15.2. The maximum atomic E-state index is 14.0. The van der Waals surface area contributed by atoms with Gasteiger partial charge in [-0.25, -0.2) is 4.98 Å². The largest absolute Gasteiger partial charge is 0.369 e. The Kier molecular flexibility index (Phi) is 8.68. The summed E-state index contributed by atoms with van der Waals surface area (Å²) in [5.74, 6) is 0.661. The van der Waals surface area contributed by atoms with Crippen LogP contribution in [0, 0.1) is 6.92 Å². The summed E-state index contributed by atoms with van der Waals surface area (Å²) in [4.78, 5) is 38.8. The fraction of sp³-hybridized carbons (Fsp3) is 0.382. The van der Waals surface area contributed by atoms with Crippen LogP contribution in [0.4, 0.5) is 5.69 Å². The average molecular weight is 599 g/mol. The van der Waals surface area contributed by atoms with Crippen LogP contribution in [-0.2, 0) is 16.1 Å². The van der Waals surface area contributed by atoms with Crippen molar-refractivity contribution in [3.8, 4) is 0 Å². The molecule has 8 nitrogen and oxygen atoms in total. The van der Waals surface area contributed by atoms with Crippen LogP contribution in [-0.4, -0.2) is 70.4 Å². The second kappa shape index (κ2) is 12.8. The van der Waals surface area contributed by atoms with Crippen molar-refractivity contribution in [1.82, 2.24) is 24.7 Å². The molecular formula is C34H39ClN6O2. The summed E-state index contributed by atoms with van der Waals surface area (Å²) in [7, 11) is 0. The van der Waals surface area contributed by atoms with E-state index in [-0.39, 0.29) is 24.3 Å². The molecule has 2 unspecified atom stereocenters. The van der Waals surface area contributed by atoms with Crippen LogP contribution in [0.1, 0.15) is 48.8 Å². The van der Waals surface area contributed by atoms with Crippen molar-refractivity contribution in [3.63, 3.8) is 0 Å². The number of aromatic nitrogens is 2. The molecule has 6 rings (SSSR count). The Labute approximate surface area is 258 Å². The molecule has 3 aromatic carbocycles. The quantitative estimate of drug-likeness (QED) is 0.263. The number of imidazole rings is 1. The highest BCUT2D eigenvalue weighted by Crippen LogP contribution is 2.37. The molecule has 1 saturated heterocycles. The van der Waals surface area contributed by atoms with Gasteiger partial charge in [0.2, 0.25) is 11.8 Å². The lowest BCUT2D eigenvalue weighted by atomic mass is 10.0. The van der Waals surface area contributed by atoms with Crippen molar-refractivity contribution in [1.29, 1.82) is 0 Å². The van der Waals surface area contributed by atoms with Crippen LogP contribution in [0.2, 0.25) is 5.02 Å². The van der Waals surface area contributed by atoms with Gasteiger partial charge < -0.3 is 19.7 Å². The zero-order valence-electron chi connectivity index (χ0n) is 24.9. The van der Waals surface area contributed by atoms with Crippen LogP contribution < -0.4 is 10.2 Å². The van der Waals surface area contributed by atoms with Gasteiger partial charge in [-0.1, -0.05) is 60.1 Å². The Hall–Kier alpha value is -3.88. The summed E-state index contributed by atoms with van der Waals surface area (Å²) >= 11 is 6.24. The van der Waals surface area contributed by atoms with E-state index in [9.17, 15) is 9.59 Å². The number of carbonyl (C=O) groups is 2. The fourth-order valence-electron chi connectivity index (χ4n) is 6.40. The second-order valence-electron chi connectivity index (χ2n) is 11.6. The van der Waals surface area contributed by atoms with E-state index < -0.39 is 6.04 Å². The molecule has 0 radical (unpaired) electrons. The Morgan fingerprint density at radius 3 is 2.53 bits per heavy atom. The normalized spacial score (nSPS) is 19.1. The Balaban J connectivity index is 1.06. The highest BCUT2D eigenvalue weighted by Gasteiger charge is 2.40. The maximum Gasteiger partial charge on any atom is 0.247 e. The van der Waals surface area contributed by atoms with Gasteiger partial charge in [0.1, 0.15) is 11.9 Å². The van der Waals surface area contributed by atoms with E-state index in [1.807, 2.05) is 77.1 Å². The van der Waals surface area contributed by atoms with E-state index in [0.717, 1.165) is 66.6 Å². The number of hydrogen-bond acceptors (Lipinski definition) is 5. The molecule has 1 fully saturated rings. The van der Waals surface area contributed by atoms with Gasteiger partial charge in [-0.15, -0.1) is 0 Å². The first-order chi connectivity index (χ1) is 20.9. The lowest BCUT2D eigenvalue weighted by Gasteiger charge is -2.38. The number of benzene rings is 3. The van der Waals surface area contributed by atoms with Gasteiger partial charge in [0.05, 0.1) is 23.5 Å². The molecule has 2 aliphatic heterocycles. The summed E-state index contributed by atoms with van der Waals surface area (Å²) in [5, 5.41) is 3.86. The molecule has 1 N–H and O–H groups in total. The monoisotopic (exact) mass is 598 g/mol. The maximum absolute atomic E-state index is 14.0. The summed E-state index contributed by atoms with van der Waals surface area (Å²) in [6, 6.07) is 23.1. The summed E-state index contributed by atoms with van der Waals surface area (Å²) < 4.78 is 1.99. The zero-order valence-corrected chi connectivity index (χ0v) is 25.6. The van der Waals surface area contributed by atoms with Crippen LogP contribution in [0.5, 0.6) is 0 Å². The predicted octanol–water partition coefficient (Wildman–Crippen LogP) is 5.36. The number of fused-ring (bicyclic) bond motifs is 3. The number of aryl methyl sites for hydroxylation is 1. The standard InChI is InChI=1S/C34H39ClN6O2/c1-24-13-14-27(35)21-30(24)39-19-17-38(18-20-39)16-8-15-36-32(42)22-31-34(43)40(23-26-9-4-3-5-10-26)25(2)33-37-28-11-6-7-12-29(28)41(31)33/h3-7,9-14,21,25,31H,8,15-20,22-23H2,1-2H3,(H,36,42). The van der Waals surface area contributed by atoms with Crippen LogP contribution in [0.3, 0.4) is 0 Å². The number of nitrogens with one attached hydrogen (secondary N) is 1. The number of carbonyl (C=O) groups excluding carboxylic acids is 2. The zero-order chi connectivity index (χ0) is 29.9. The van der Waals surface area contributed by atoms with Gasteiger partial charge in [0.25, 0.3) is 0 Å². The number of rotatable bonds is 9. The predicted molar refractivity (Wildman–Crippen MR) is 171 cm³/mol. The van der Waals surface area contributed by atoms with Crippen molar-refractivity contribution in [2.45, 2.75) is 45.3 Å². The van der Waals surface area contributed by atoms with Crippen molar-refractivity contribution < 1.29 is 9.59 Å². The van der Waals surface area contributed by atoms with E-state index in [1.165, 1.54) is 11.3 Å². The van der Waals surface area contributed by atoms with E-state index in [0.29, 0.717) is 13.1 Å². The first kappa shape index (κ1) is 29.2. The number of nitrogens with zero attached hydrogens (tertiary/aromatic N) is 5. The first-order valence-corrected chi connectivity index (χ1v) is 15.6. The third-order valence-corrected chi connectivity index (χ3v) is 9.01.